The van der Waals surface area contributed by atoms with E-state index in [0.717, 1.165) is 24.2 Å². The van der Waals surface area contributed by atoms with Gasteiger partial charge < -0.3 is 10.2 Å². The number of carbonyl (C=O) groups is 1. The Balaban J connectivity index is 1.36. The number of anilines is 1. The van der Waals surface area contributed by atoms with E-state index in [1.165, 1.54) is 6.07 Å². The Morgan fingerprint density at radius 1 is 1.34 bits per heavy atom. The van der Waals surface area contributed by atoms with Gasteiger partial charge in [-0.1, -0.05) is 12.1 Å². The van der Waals surface area contributed by atoms with E-state index in [-0.39, 0.29) is 24.2 Å². The SMILES string of the molecule is Cc1ccc(CC(=O)NC2CCN(c3nccc(-c4cnn(C)c4)n3)C2)cc1F. The number of halogens is 1. The van der Waals surface area contributed by atoms with E-state index in [1.54, 1.807) is 36.1 Å². The van der Waals surface area contributed by atoms with Crippen LogP contribution in [0.1, 0.15) is 17.5 Å². The largest absolute Gasteiger partial charge is 0.351 e. The predicted octanol–water partition coefficient (Wildman–Crippen LogP) is 2.26. The van der Waals surface area contributed by atoms with Gasteiger partial charge in [0.2, 0.25) is 11.9 Å². The van der Waals surface area contributed by atoms with Crippen LogP contribution in [-0.4, -0.2) is 44.8 Å². The third-order valence-corrected chi connectivity index (χ3v) is 5.08. The number of rotatable bonds is 5. The van der Waals surface area contributed by atoms with Crippen molar-refractivity contribution in [2.45, 2.75) is 25.8 Å². The maximum atomic E-state index is 13.7. The lowest BCUT2D eigenvalue weighted by Crippen LogP contribution is -2.38. The summed E-state index contributed by atoms with van der Waals surface area (Å²) in [6, 6.07) is 6.78. The normalized spacial score (nSPS) is 16.2. The molecule has 1 unspecified atom stereocenters. The molecule has 8 heteroatoms. The Kier molecular flexibility index (Phi) is 5.24. The third kappa shape index (κ3) is 4.42. The van der Waals surface area contributed by atoms with Crippen LogP contribution in [-0.2, 0) is 18.3 Å². The lowest BCUT2D eigenvalue weighted by molar-refractivity contribution is -0.121. The number of carbonyl (C=O) groups excluding carboxylic acids is 1. The summed E-state index contributed by atoms with van der Waals surface area (Å²) in [5.74, 6) is 0.252. The van der Waals surface area contributed by atoms with Crippen LogP contribution in [0.3, 0.4) is 0 Å². The van der Waals surface area contributed by atoms with Crippen molar-refractivity contribution in [1.82, 2.24) is 25.1 Å². The maximum absolute atomic E-state index is 13.7. The molecule has 3 aromatic rings. The second kappa shape index (κ2) is 7.98. The number of aryl methyl sites for hydroxylation is 2. The summed E-state index contributed by atoms with van der Waals surface area (Å²) >= 11 is 0. The smallest absolute Gasteiger partial charge is 0.225 e. The number of nitrogens with one attached hydrogen (secondary N) is 1. The molecular formula is C21H23FN6O. The predicted molar refractivity (Wildman–Crippen MR) is 108 cm³/mol. The Morgan fingerprint density at radius 3 is 2.97 bits per heavy atom. The van der Waals surface area contributed by atoms with Crippen LogP contribution in [0.25, 0.3) is 11.3 Å². The Morgan fingerprint density at radius 2 is 2.21 bits per heavy atom. The zero-order valence-corrected chi connectivity index (χ0v) is 16.5. The molecule has 2 aromatic heterocycles. The molecule has 0 saturated carbocycles. The molecule has 0 spiro atoms. The standard InChI is InChI=1S/C21H23FN6O/c1-14-3-4-15(9-18(14)22)10-20(29)25-17-6-8-28(13-17)21-23-7-5-19(26-21)16-11-24-27(2)12-16/h3-5,7,9,11-12,17H,6,8,10,13H2,1-2H3,(H,25,29). The fourth-order valence-electron chi connectivity index (χ4n) is 3.49. The average Bonchev–Trinajstić information content (AvgIpc) is 3.34. The molecule has 29 heavy (non-hydrogen) atoms. The van der Waals surface area contributed by atoms with Crippen LogP contribution in [0.15, 0.2) is 42.9 Å². The van der Waals surface area contributed by atoms with Crippen molar-refractivity contribution in [1.29, 1.82) is 0 Å². The number of hydrogen-bond acceptors (Lipinski definition) is 5. The van der Waals surface area contributed by atoms with Gasteiger partial charge in [0, 0.05) is 44.1 Å². The van der Waals surface area contributed by atoms with Gasteiger partial charge in [-0.05, 0) is 36.6 Å². The minimum Gasteiger partial charge on any atom is -0.351 e. The summed E-state index contributed by atoms with van der Waals surface area (Å²) in [5.41, 5.74) is 3.00. The minimum atomic E-state index is -0.284. The van der Waals surface area contributed by atoms with Gasteiger partial charge in [0.1, 0.15) is 5.82 Å². The number of benzene rings is 1. The summed E-state index contributed by atoms with van der Waals surface area (Å²) < 4.78 is 15.4. The number of nitrogens with zero attached hydrogens (tertiary/aromatic N) is 5. The van der Waals surface area contributed by atoms with Gasteiger partial charge in [0.05, 0.1) is 18.3 Å². The molecule has 7 nitrogen and oxygen atoms in total. The molecule has 1 aromatic carbocycles. The second-order valence-corrected chi connectivity index (χ2v) is 7.40. The van der Waals surface area contributed by atoms with Crippen molar-refractivity contribution < 1.29 is 9.18 Å². The number of aromatic nitrogens is 4. The molecule has 1 N–H and O–H groups in total. The van der Waals surface area contributed by atoms with Gasteiger partial charge >= 0.3 is 0 Å². The molecule has 150 valence electrons. The lowest BCUT2D eigenvalue weighted by atomic mass is 10.1. The maximum Gasteiger partial charge on any atom is 0.225 e. The van der Waals surface area contributed by atoms with E-state index in [0.29, 0.717) is 23.6 Å². The molecule has 1 aliphatic rings. The molecule has 1 atom stereocenters. The molecule has 0 radical (unpaired) electrons. The fourth-order valence-corrected chi connectivity index (χ4v) is 3.49. The van der Waals surface area contributed by atoms with Crippen LogP contribution >= 0.6 is 0 Å². The topological polar surface area (TPSA) is 75.9 Å². The van der Waals surface area contributed by atoms with E-state index in [4.69, 9.17) is 0 Å². The Labute approximate surface area is 168 Å². The van der Waals surface area contributed by atoms with Gasteiger partial charge in [-0.3, -0.25) is 9.48 Å². The van der Waals surface area contributed by atoms with E-state index in [1.807, 2.05) is 19.3 Å². The highest BCUT2D eigenvalue weighted by Gasteiger charge is 2.26. The Bertz CT molecular complexity index is 1030. The highest BCUT2D eigenvalue weighted by molar-refractivity contribution is 5.79. The van der Waals surface area contributed by atoms with Crippen molar-refractivity contribution >= 4 is 11.9 Å². The first-order chi connectivity index (χ1) is 14.0. The molecule has 1 aliphatic heterocycles. The molecule has 1 saturated heterocycles. The van der Waals surface area contributed by atoms with Crippen molar-refractivity contribution in [3.63, 3.8) is 0 Å². The lowest BCUT2D eigenvalue weighted by Gasteiger charge is -2.17. The number of amides is 1. The van der Waals surface area contributed by atoms with Crippen LogP contribution < -0.4 is 10.2 Å². The van der Waals surface area contributed by atoms with Gasteiger partial charge in [0.15, 0.2) is 0 Å². The Hall–Kier alpha value is -3.29. The van der Waals surface area contributed by atoms with Gasteiger partial charge in [0.25, 0.3) is 0 Å². The van der Waals surface area contributed by atoms with Crippen molar-refractivity contribution in [3.8, 4) is 11.3 Å². The zero-order valence-electron chi connectivity index (χ0n) is 16.5. The first-order valence-corrected chi connectivity index (χ1v) is 9.59. The van der Waals surface area contributed by atoms with E-state index in [9.17, 15) is 9.18 Å². The highest BCUT2D eigenvalue weighted by atomic mass is 19.1. The number of hydrogen-bond donors (Lipinski definition) is 1. The van der Waals surface area contributed by atoms with Gasteiger partial charge in [-0.2, -0.15) is 5.10 Å². The molecule has 0 aliphatic carbocycles. The summed E-state index contributed by atoms with van der Waals surface area (Å²) in [4.78, 5) is 23.5. The average molecular weight is 394 g/mol. The third-order valence-electron chi connectivity index (χ3n) is 5.08. The quantitative estimate of drug-likeness (QED) is 0.718. The second-order valence-electron chi connectivity index (χ2n) is 7.40. The molecule has 4 rings (SSSR count). The monoisotopic (exact) mass is 394 g/mol. The molecular weight excluding hydrogens is 371 g/mol. The summed E-state index contributed by atoms with van der Waals surface area (Å²) in [5, 5.41) is 7.22. The van der Waals surface area contributed by atoms with Crippen molar-refractivity contribution in [3.05, 3.63) is 59.8 Å². The molecule has 3 heterocycles. The van der Waals surface area contributed by atoms with Gasteiger partial charge in [-0.15, -0.1) is 0 Å². The van der Waals surface area contributed by atoms with Crippen LogP contribution in [0, 0.1) is 12.7 Å². The minimum absolute atomic E-state index is 0.0171. The summed E-state index contributed by atoms with van der Waals surface area (Å²) in [7, 11) is 1.87. The van der Waals surface area contributed by atoms with Crippen LogP contribution in [0.4, 0.5) is 10.3 Å². The highest BCUT2D eigenvalue weighted by Crippen LogP contribution is 2.21. The first-order valence-electron chi connectivity index (χ1n) is 9.59. The fraction of sp³-hybridized carbons (Fsp3) is 0.333. The van der Waals surface area contributed by atoms with E-state index in [2.05, 4.69) is 25.3 Å². The summed E-state index contributed by atoms with van der Waals surface area (Å²) in [6.07, 6.45) is 6.40. The van der Waals surface area contributed by atoms with Gasteiger partial charge in [-0.25, -0.2) is 14.4 Å². The van der Waals surface area contributed by atoms with Crippen molar-refractivity contribution in [2.24, 2.45) is 7.05 Å². The first kappa shape index (κ1) is 19.0. The molecule has 1 amide bonds. The van der Waals surface area contributed by atoms with Crippen molar-refractivity contribution in [2.75, 3.05) is 18.0 Å². The molecule has 1 fully saturated rings. The van der Waals surface area contributed by atoms with Crippen LogP contribution in [0.5, 0.6) is 0 Å². The summed E-state index contributed by atoms with van der Waals surface area (Å²) in [6.45, 7) is 3.11. The van der Waals surface area contributed by atoms with Crippen LogP contribution in [0.2, 0.25) is 0 Å². The van der Waals surface area contributed by atoms with E-state index < -0.39 is 0 Å². The zero-order chi connectivity index (χ0) is 20.4. The van der Waals surface area contributed by atoms with E-state index >= 15 is 0 Å². The molecule has 0 bridgehead atoms.